The smallest absolute Gasteiger partial charge is 0.223 e. The van der Waals surface area contributed by atoms with Crippen LogP contribution in [0.4, 0.5) is 0 Å². The Balaban J connectivity index is 1.35. The second-order valence-corrected chi connectivity index (χ2v) is 7.63. The first kappa shape index (κ1) is 16.5. The molecule has 132 valence electrons. The number of nitrogens with one attached hydrogen (secondary N) is 1. The maximum absolute atomic E-state index is 12.1. The van der Waals surface area contributed by atoms with Gasteiger partial charge in [0.25, 0.3) is 0 Å². The summed E-state index contributed by atoms with van der Waals surface area (Å²) in [5.41, 5.74) is 1.37. The minimum Gasteiger partial charge on any atom is -0.356 e. The predicted molar refractivity (Wildman–Crippen MR) is 100 cm³/mol. The lowest BCUT2D eigenvalue weighted by atomic mass is 9.84. The van der Waals surface area contributed by atoms with E-state index in [0.717, 1.165) is 39.0 Å². The van der Waals surface area contributed by atoms with Gasteiger partial charge in [-0.2, -0.15) is 0 Å². The molecular formula is C21H27N3O. The number of fused-ring (bicyclic) bond motifs is 1. The van der Waals surface area contributed by atoms with E-state index in [0.29, 0.717) is 11.8 Å². The van der Waals surface area contributed by atoms with E-state index in [-0.39, 0.29) is 5.91 Å². The van der Waals surface area contributed by atoms with Gasteiger partial charge in [0, 0.05) is 43.3 Å². The Hall–Kier alpha value is -1.94. The van der Waals surface area contributed by atoms with Gasteiger partial charge in [0.05, 0.1) is 0 Å². The molecule has 1 aliphatic heterocycles. The van der Waals surface area contributed by atoms with Gasteiger partial charge >= 0.3 is 0 Å². The van der Waals surface area contributed by atoms with Gasteiger partial charge in [-0.3, -0.25) is 14.7 Å². The van der Waals surface area contributed by atoms with Crippen molar-refractivity contribution in [1.29, 1.82) is 0 Å². The molecule has 2 fully saturated rings. The highest BCUT2D eigenvalue weighted by atomic mass is 16.1. The summed E-state index contributed by atoms with van der Waals surface area (Å²) in [5, 5.41) is 5.71. The van der Waals surface area contributed by atoms with Gasteiger partial charge in [0.2, 0.25) is 5.91 Å². The van der Waals surface area contributed by atoms with Crippen LogP contribution in [-0.4, -0.2) is 35.4 Å². The Morgan fingerprint density at radius 2 is 2.12 bits per heavy atom. The van der Waals surface area contributed by atoms with E-state index in [1.165, 1.54) is 35.6 Å². The predicted octanol–water partition coefficient (Wildman–Crippen LogP) is 3.36. The van der Waals surface area contributed by atoms with Gasteiger partial charge in [0.1, 0.15) is 0 Å². The number of rotatable bonds is 5. The summed E-state index contributed by atoms with van der Waals surface area (Å²) in [5.74, 6) is 1.16. The molecule has 1 saturated heterocycles. The van der Waals surface area contributed by atoms with Gasteiger partial charge in [-0.15, -0.1) is 0 Å². The van der Waals surface area contributed by atoms with Gasteiger partial charge in [-0.25, -0.2) is 0 Å². The van der Waals surface area contributed by atoms with Crippen molar-refractivity contribution in [2.45, 2.75) is 38.6 Å². The molecule has 1 aliphatic carbocycles. The molecule has 25 heavy (non-hydrogen) atoms. The molecule has 1 amide bonds. The highest BCUT2D eigenvalue weighted by Crippen LogP contribution is 2.27. The van der Waals surface area contributed by atoms with E-state index in [9.17, 15) is 4.79 Å². The van der Waals surface area contributed by atoms with E-state index in [1.807, 2.05) is 12.4 Å². The molecule has 4 rings (SSSR count). The van der Waals surface area contributed by atoms with E-state index in [1.54, 1.807) is 0 Å². The second kappa shape index (κ2) is 7.52. The standard InChI is InChI=1S/C21H27N3O/c25-21(17-5-1-6-17)23-12-16-4-3-11-24(14-16)15-19-8-2-7-18-13-22-10-9-20(18)19/h2,7-10,13,16-17H,1,3-6,11-12,14-15H2,(H,23,25). The van der Waals surface area contributed by atoms with Gasteiger partial charge in [-0.05, 0) is 55.2 Å². The van der Waals surface area contributed by atoms with E-state index in [4.69, 9.17) is 0 Å². The molecule has 1 unspecified atom stereocenters. The van der Waals surface area contributed by atoms with Gasteiger partial charge in [-0.1, -0.05) is 24.6 Å². The third-order valence-electron chi connectivity index (χ3n) is 5.81. The lowest BCUT2D eigenvalue weighted by Crippen LogP contribution is -2.42. The Morgan fingerprint density at radius 3 is 2.96 bits per heavy atom. The van der Waals surface area contributed by atoms with Crippen LogP contribution in [0.1, 0.15) is 37.7 Å². The highest BCUT2D eigenvalue weighted by Gasteiger charge is 2.26. The van der Waals surface area contributed by atoms with Crippen molar-refractivity contribution < 1.29 is 4.79 Å². The molecule has 1 aromatic heterocycles. The van der Waals surface area contributed by atoms with Crippen LogP contribution in [0.25, 0.3) is 10.8 Å². The molecule has 0 radical (unpaired) electrons. The maximum atomic E-state index is 12.1. The Labute approximate surface area is 149 Å². The zero-order valence-electron chi connectivity index (χ0n) is 14.8. The third kappa shape index (κ3) is 3.84. The molecule has 2 heterocycles. The average molecular weight is 337 g/mol. The van der Waals surface area contributed by atoms with Crippen molar-refractivity contribution in [1.82, 2.24) is 15.2 Å². The first-order valence-electron chi connectivity index (χ1n) is 9.61. The largest absolute Gasteiger partial charge is 0.356 e. The number of amides is 1. The topological polar surface area (TPSA) is 45.2 Å². The molecule has 1 saturated carbocycles. The normalized spacial score (nSPS) is 21.8. The fraction of sp³-hybridized carbons (Fsp3) is 0.524. The highest BCUT2D eigenvalue weighted by molar-refractivity contribution is 5.84. The summed E-state index contributed by atoms with van der Waals surface area (Å²) in [6.07, 6.45) is 9.64. The van der Waals surface area contributed by atoms with Crippen LogP contribution >= 0.6 is 0 Å². The second-order valence-electron chi connectivity index (χ2n) is 7.63. The number of aromatic nitrogens is 1. The monoisotopic (exact) mass is 337 g/mol. The summed E-state index contributed by atoms with van der Waals surface area (Å²) < 4.78 is 0. The first-order chi connectivity index (χ1) is 12.3. The molecule has 1 N–H and O–H groups in total. The quantitative estimate of drug-likeness (QED) is 0.910. The van der Waals surface area contributed by atoms with Crippen LogP contribution < -0.4 is 5.32 Å². The van der Waals surface area contributed by atoms with Crippen molar-refractivity contribution >= 4 is 16.7 Å². The Bertz CT molecular complexity index is 736. The number of nitrogens with zero attached hydrogens (tertiary/aromatic N) is 2. The number of hydrogen-bond acceptors (Lipinski definition) is 3. The van der Waals surface area contributed by atoms with Crippen molar-refractivity contribution in [3.63, 3.8) is 0 Å². The maximum Gasteiger partial charge on any atom is 0.223 e. The molecule has 2 aliphatic rings. The zero-order valence-corrected chi connectivity index (χ0v) is 14.8. The van der Waals surface area contributed by atoms with Crippen LogP contribution in [-0.2, 0) is 11.3 Å². The van der Waals surface area contributed by atoms with Crippen LogP contribution in [0.3, 0.4) is 0 Å². The number of carbonyl (C=O) groups is 1. The molecule has 4 nitrogen and oxygen atoms in total. The summed E-state index contributed by atoms with van der Waals surface area (Å²) >= 11 is 0. The van der Waals surface area contributed by atoms with Crippen LogP contribution in [0.5, 0.6) is 0 Å². The van der Waals surface area contributed by atoms with E-state index in [2.05, 4.69) is 39.5 Å². The molecule has 4 heteroatoms. The van der Waals surface area contributed by atoms with Gasteiger partial charge < -0.3 is 5.32 Å². The number of hydrogen-bond donors (Lipinski definition) is 1. The molecule has 0 spiro atoms. The van der Waals surface area contributed by atoms with Crippen LogP contribution in [0.15, 0.2) is 36.7 Å². The van der Waals surface area contributed by atoms with Gasteiger partial charge in [0.15, 0.2) is 0 Å². The fourth-order valence-electron chi connectivity index (χ4n) is 4.09. The number of benzene rings is 1. The summed E-state index contributed by atoms with van der Waals surface area (Å²) in [4.78, 5) is 18.8. The number of piperidine rings is 1. The fourth-order valence-corrected chi connectivity index (χ4v) is 4.09. The number of carbonyl (C=O) groups excluding carboxylic acids is 1. The summed E-state index contributed by atoms with van der Waals surface area (Å²) in [6.45, 7) is 4.04. The van der Waals surface area contributed by atoms with Crippen molar-refractivity contribution in [2.24, 2.45) is 11.8 Å². The number of likely N-dealkylation sites (tertiary alicyclic amines) is 1. The van der Waals surface area contributed by atoms with Crippen LogP contribution in [0, 0.1) is 11.8 Å². The average Bonchev–Trinajstić information content (AvgIpc) is 2.59. The van der Waals surface area contributed by atoms with Crippen molar-refractivity contribution in [3.05, 3.63) is 42.2 Å². The third-order valence-corrected chi connectivity index (χ3v) is 5.81. The number of pyridine rings is 1. The minimum atomic E-state index is 0.282. The molecule has 1 atom stereocenters. The molecule has 1 aromatic carbocycles. The Kier molecular flexibility index (Phi) is 4.97. The van der Waals surface area contributed by atoms with Crippen LogP contribution in [0.2, 0.25) is 0 Å². The van der Waals surface area contributed by atoms with E-state index < -0.39 is 0 Å². The SMILES string of the molecule is O=C(NCC1CCCN(Cc2cccc3cnccc23)C1)C1CCC1. The van der Waals surface area contributed by atoms with Crippen molar-refractivity contribution in [3.8, 4) is 0 Å². The van der Waals surface area contributed by atoms with E-state index >= 15 is 0 Å². The summed E-state index contributed by atoms with van der Waals surface area (Å²) in [6, 6.07) is 8.59. The first-order valence-corrected chi connectivity index (χ1v) is 9.61. The Morgan fingerprint density at radius 1 is 1.20 bits per heavy atom. The lowest BCUT2D eigenvalue weighted by molar-refractivity contribution is -0.127. The molecular weight excluding hydrogens is 310 g/mol. The molecule has 2 aromatic rings. The lowest BCUT2D eigenvalue weighted by Gasteiger charge is -2.33. The zero-order chi connectivity index (χ0) is 17.1. The van der Waals surface area contributed by atoms with Crippen molar-refractivity contribution in [2.75, 3.05) is 19.6 Å². The summed E-state index contributed by atoms with van der Waals surface area (Å²) in [7, 11) is 0. The molecule has 0 bridgehead atoms. The minimum absolute atomic E-state index is 0.282.